The maximum absolute atomic E-state index is 12.2. The van der Waals surface area contributed by atoms with Crippen LogP contribution in [-0.2, 0) is 16.0 Å². The molecule has 0 atom stereocenters. The van der Waals surface area contributed by atoms with Crippen LogP contribution < -0.4 is 10.9 Å². The third kappa shape index (κ3) is 3.46. The summed E-state index contributed by atoms with van der Waals surface area (Å²) >= 11 is 0. The third-order valence-corrected chi connectivity index (χ3v) is 3.26. The highest BCUT2D eigenvalue weighted by molar-refractivity contribution is 5.89. The molecule has 6 heteroatoms. The van der Waals surface area contributed by atoms with E-state index in [0.717, 1.165) is 18.4 Å². The normalized spacial score (nSPS) is 14.3. The van der Waals surface area contributed by atoms with Crippen LogP contribution >= 0.6 is 0 Å². The van der Waals surface area contributed by atoms with Gasteiger partial charge in [-0.25, -0.2) is 4.79 Å². The van der Waals surface area contributed by atoms with Crippen molar-refractivity contribution in [3.8, 4) is 0 Å². The second-order valence-corrected chi connectivity index (χ2v) is 4.87. The number of methoxy groups -OCH3 is 2. The van der Waals surface area contributed by atoms with Gasteiger partial charge >= 0.3 is 5.97 Å². The zero-order valence-corrected chi connectivity index (χ0v) is 11.8. The molecule has 1 fully saturated rings. The number of rotatable bonds is 7. The molecule has 110 valence electrons. The molecule has 1 heterocycles. The van der Waals surface area contributed by atoms with Gasteiger partial charge in [-0.3, -0.25) is 4.79 Å². The van der Waals surface area contributed by atoms with Gasteiger partial charge < -0.3 is 19.4 Å². The van der Waals surface area contributed by atoms with E-state index in [9.17, 15) is 9.59 Å². The molecule has 20 heavy (non-hydrogen) atoms. The van der Waals surface area contributed by atoms with E-state index in [1.165, 1.54) is 7.11 Å². The Labute approximate surface area is 117 Å². The zero-order chi connectivity index (χ0) is 14.5. The molecule has 6 nitrogen and oxygen atoms in total. The molecule has 0 aliphatic heterocycles. The summed E-state index contributed by atoms with van der Waals surface area (Å²) in [5.74, 6) is -0.580. The van der Waals surface area contributed by atoms with Crippen LogP contribution in [0.15, 0.2) is 17.1 Å². The highest BCUT2D eigenvalue weighted by Crippen LogP contribution is 2.33. The number of pyridine rings is 1. The number of hydrogen-bond donors (Lipinski definition) is 1. The Morgan fingerprint density at radius 1 is 1.45 bits per heavy atom. The average Bonchev–Trinajstić information content (AvgIpc) is 3.28. The first-order valence-corrected chi connectivity index (χ1v) is 6.70. The third-order valence-electron chi connectivity index (χ3n) is 3.26. The maximum atomic E-state index is 12.2. The zero-order valence-electron chi connectivity index (χ0n) is 11.8. The van der Waals surface area contributed by atoms with Crippen molar-refractivity contribution in [2.75, 3.05) is 27.4 Å². The molecule has 1 N–H and O–H groups in total. The molecule has 0 aromatic carbocycles. The Morgan fingerprint density at radius 2 is 2.20 bits per heavy atom. The molecule has 0 saturated heterocycles. The summed E-state index contributed by atoms with van der Waals surface area (Å²) in [6.45, 7) is 1.92. The lowest BCUT2D eigenvalue weighted by molar-refractivity contribution is 0.0597. The standard InChI is InChI=1S/C14H20N2O4/c1-19-6-5-15-8-10-7-12(14(18)20-2)13(17)16(9-10)11-3-4-11/h7,9,11,15H,3-6,8H2,1-2H3. The Bertz CT molecular complexity index is 534. The summed E-state index contributed by atoms with van der Waals surface area (Å²) in [7, 11) is 2.93. The number of ether oxygens (including phenoxy) is 2. The van der Waals surface area contributed by atoms with Crippen molar-refractivity contribution in [3.05, 3.63) is 33.7 Å². The molecule has 0 spiro atoms. The fourth-order valence-corrected chi connectivity index (χ4v) is 2.04. The van der Waals surface area contributed by atoms with Crippen LogP contribution in [0.5, 0.6) is 0 Å². The van der Waals surface area contributed by atoms with Crippen molar-refractivity contribution in [3.63, 3.8) is 0 Å². The summed E-state index contributed by atoms with van der Waals surface area (Å²) < 4.78 is 11.3. The molecular formula is C14H20N2O4. The minimum atomic E-state index is -0.580. The van der Waals surface area contributed by atoms with E-state index in [1.54, 1.807) is 17.7 Å². The van der Waals surface area contributed by atoms with Crippen LogP contribution in [-0.4, -0.2) is 37.9 Å². The van der Waals surface area contributed by atoms with Crippen LogP contribution in [0.2, 0.25) is 0 Å². The summed E-state index contributed by atoms with van der Waals surface area (Å²) in [6, 6.07) is 1.83. The van der Waals surface area contributed by atoms with Crippen molar-refractivity contribution in [2.24, 2.45) is 0 Å². The minimum Gasteiger partial charge on any atom is -0.465 e. The van der Waals surface area contributed by atoms with Gasteiger partial charge in [0.2, 0.25) is 0 Å². The number of aromatic nitrogens is 1. The van der Waals surface area contributed by atoms with Gasteiger partial charge in [-0.1, -0.05) is 0 Å². The average molecular weight is 280 g/mol. The van der Waals surface area contributed by atoms with E-state index in [-0.39, 0.29) is 17.2 Å². The minimum absolute atomic E-state index is 0.102. The fourth-order valence-electron chi connectivity index (χ4n) is 2.04. The number of nitrogens with one attached hydrogen (secondary N) is 1. The van der Waals surface area contributed by atoms with Crippen molar-refractivity contribution >= 4 is 5.97 Å². The van der Waals surface area contributed by atoms with E-state index in [4.69, 9.17) is 4.74 Å². The molecule has 1 aromatic heterocycles. The highest BCUT2D eigenvalue weighted by Gasteiger charge is 2.27. The Morgan fingerprint density at radius 3 is 2.80 bits per heavy atom. The Balaban J connectivity index is 2.21. The SMILES string of the molecule is COCCNCc1cc(C(=O)OC)c(=O)n(C2CC2)c1. The topological polar surface area (TPSA) is 69.6 Å². The predicted molar refractivity (Wildman–Crippen MR) is 73.9 cm³/mol. The summed E-state index contributed by atoms with van der Waals surface area (Å²) in [5, 5.41) is 3.20. The number of hydrogen-bond acceptors (Lipinski definition) is 5. The van der Waals surface area contributed by atoms with Gasteiger partial charge in [0.05, 0.1) is 13.7 Å². The Kier molecular flexibility index (Phi) is 4.92. The summed E-state index contributed by atoms with van der Waals surface area (Å²) in [6.07, 6.45) is 3.80. The molecule has 1 aliphatic carbocycles. The van der Waals surface area contributed by atoms with Crippen LogP contribution in [0.3, 0.4) is 0 Å². The largest absolute Gasteiger partial charge is 0.465 e. The number of nitrogens with zero attached hydrogens (tertiary/aromatic N) is 1. The summed E-state index contributed by atoms with van der Waals surface area (Å²) in [4.78, 5) is 23.9. The second kappa shape index (κ2) is 6.67. The molecule has 0 amide bonds. The van der Waals surface area contributed by atoms with Gasteiger partial charge in [0.25, 0.3) is 5.56 Å². The first-order valence-electron chi connectivity index (χ1n) is 6.70. The quantitative estimate of drug-likeness (QED) is 0.588. The van der Waals surface area contributed by atoms with E-state index in [0.29, 0.717) is 19.7 Å². The van der Waals surface area contributed by atoms with Crippen LogP contribution in [0, 0.1) is 0 Å². The van der Waals surface area contributed by atoms with Crippen molar-refractivity contribution < 1.29 is 14.3 Å². The highest BCUT2D eigenvalue weighted by atomic mass is 16.5. The van der Waals surface area contributed by atoms with Gasteiger partial charge in [-0.2, -0.15) is 0 Å². The lowest BCUT2D eigenvalue weighted by Gasteiger charge is -2.11. The van der Waals surface area contributed by atoms with E-state index in [2.05, 4.69) is 10.1 Å². The lowest BCUT2D eigenvalue weighted by atomic mass is 10.2. The molecule has 0 bridgehead atoms. The Hall–Kier alpha value is -1.66. The second-order valence-electron chi connectivity index (χ2n) is 4.87. The molecule has 1 aliphatic rings. The number of carbonyl (C=O) groups is 1. The van der Waals surface area contributed by atoms with E-state index < -0.39 is 5.97 Å². The van der Waals surface area contributed by atoms with Gasteiger partial charge in [0.1, 0.15) is 5.56 Å². The number of carbonyl (C=O) groups excluding carboxylic acids is 1. The summed E-state index contributed by atoms with van der Waals surface area (Å²) in [5.41, 5.74) is 0.735. The first-order chi connectivity index (χ1) is 9.67. The smallest absolute Gasteiger partial charge is 0.343 e. The lowest BCUT2D eigenvalue weighted by Crippen LogP contribution is -2.28. The van der Waals surface area contributed by atoms with Gasteiger partial charge in [-0.15, -0.1) is 0 Å². The van der Waals surface area contributed by atoms with Crippen molar-refractivity contribution in [1.29, 1.82) is 0 Å². The van der Waals surface area contributed by atoms with E-state index >= 15 is 0 Å². The first kappa shape index (κ1) is 14.7. The molecular weight excluding hydrogens is 260 g/mol. The van der Waals surface area contributed by atoms with Crippen LogP contribution in [0.25, 0.3) is 0 Å². The van der Waals surface area contributed by atoms with Crippen LogP contribution in [0.1, 0.15) is 34.8 Å². The molecule has 1 saturated carbocycles. The van der Waals surface area contributed by atoms with Gasteiger partial charge in [0, 0.05) is 32.4 Å². The maximum Gasteiger partial charge on any atom is 0.343 e. The van der Waals surface area contributed by atoms with Gasteiger partial charge in [-0.05, 0) is 24.5 Å². The number of esters is 1. The molecule has 0 unspecified atom stereocenters. The molecule has 0 radical (unpaired) electrons. The monoisotopic (exact) mass is 280 g/mol. The molecule has 2 rings (SSSR count). The fraction of sp³-hybridized carbons (Fsp3) is 0.571. The van der Waals surface area contributed by atoms with Crippen molar-refractivity contribution in [2.45, 2.75) is 25.4 Å². The molecule has 1 aromatic rings. The van der Waals surface area contributed by atoms with Crippen molar-refractivity contribution in [1.82, 2.24) is 9.88 Å². The van der Waals surface area contributed by atoms with E-state index in [1.807, 2.05) is 6.20 Å². The van der Waals surface area contributed by atoms with Gasteiger partial charge in [0.15, 0.2) is 0 Å². The predicted octanol–water partition coefficient (Wildman–Crippen LogP) is 0.706. The van der Waals surface area contributed by atoms with Crippen LogP contribution in [0.4, 0.5) is 0 Å².